The number of nitrogens with two attached hydrogens (primary N) is 1. The van der Waals surface area contributed by atoms with Crippen LogP contribution in [0.25, 0.3) is 11.4 Å². The van der Waals surface area contributed by atoms with Crippen LogP contribution in [0.2, 0.25) is 0 Å². The Balaban J connectivity index is 2.05. The zero-order chi connectivity index (χ0) is 14.4. The third-order valence-electron chi connectivity index (χ3n) is 4.34. The number of fused-ring (bicyclic) bond motifs is 4. The zero-order valence-electron chi connectivity index (χ0n) is 11.9. The highest BCUT2D eigenvalue weighted by Crippen LogP contribution is 2.38. The van der Waals surface area contributed by atoms with Crippen molar-refractivity contribution >= 4 is 11.4 Å². The van der Waals surface area contributed by atoms with Gasteiger partial charge in [-0.25, -0.2) is 11.0 Å². The molecule has 4 rings (SSSR count). The third-order valence-corrected chi connectivity index (χ3v) is 4.34. The molecule has 0 aromatic heterocycles. The molecule has 2 aliphatic rings. The van der Waals surface area contributed by atoms with Crippen LogP contribution in [0, 0.1) is 0 Å². The van der Waals surface area contributed by atoms with E-state index in [0.29, 0.717) is 5.92 Å². The molecule has 4 nitrogen and oxygen atoms in total. The van der Waals surface area contributed by atoms with Crippen molar-refractivity contribution in [2.75, 3.05) is 0 Å². The summed E-state index contributed by atoms with van der Waals surface area (Å²) in [4.78, 5) is 0. The summed E-state index contributed by atoms with van der Waals surface area (Å²) in [5.74, 6) is 6.58. The van der Waals surface area contributed by atoms with Gasteiger partial charge in [-0.05, 0) is 23.5 Å². The fourth-order valence-electron chi connectivity index (χ4n) is 3.33. The van der Waals surface area contributed by atoms with Gasteiger partial charge >= 0.3 is 0 Å². The Bertz CT molecular complexity index is 735. The maximum absolute atomic E-state index is 6.12. The van der Waals surface area contributed by atoms with Gasteiger partial charge in [0.1, 0.15) is 5.70 Å². The Morgan fingerprint density at radius 2 is 1.76 bits per heavy atom. The van der Waals surface area contributed by atoms with E-state index < -0.39 is 0 Å². The average Bonchev–Trinajstić information content (AvgIpc) is 2.88. The number of hydrogen-bond acceptors (Lipinski definition) is 4. The molecule has 1 unspecified atom stereocenters. The molecule has 0 saturated heterocycles. The quantitative estimate of drug-likeness (QED) is 0.648. The second-order valence-corrected chi connectivity index (χ2v) is 5.68. The molecule has 1 heterocycles. The maximum Gasteiger partial charge on any atom is 0.104 e. The lowest BCUT2D eigenvalue weighted by molar-refractivity contribution is 0.297. The molecule has 1 aliphatic carbocycles. The number of hydrazine groups is 3. The summed E-state index contributed by atoms with van der Waals surface area (Å²) < 4.78 is 0. The standard InChI is InChI=1S/C17H18N4/c1-11-10-12-6-2-3-8-14(12)17-16(19-20-21(17)18)15-9-5-4-7-13(11)15/h2-9,11,19-20H,10,18H2,1H3. The van der Waals surface area contributed by atoms with Gasteiger partial charge in [-0.15, -0.1) is 5.53 Å². The van der Waals surface area contributed by atoms with E-state index in [1.54, 1.807) is 5.12 Å². The summed E-state index contributed by atoms with van der Waals surface area (Å²) in [6, 6.07) is 17.0. The summed E-state index contributed by atoms with van der Waals surface area (Å²) >= 11 is 0. The van der Waals surface area contributed by atoms with E-state index in [1.807, 2.05) is 0 Å². The first-order chi connectivity index (χ1) is 10.3. The smallest absolute Gasteiger partial charge is 0.104 e. The van der Waals surface area contributed by atoms with E-state index in [9.17, 15) is 0 Å². The van der Waals surface area contributed by atoms with E-state index in [0.717, 1.165) is 17.8 Å². The molecule has 4 heteroatoms. The first-order valence-corrected chi connectivity index (χ1v) is 7.24. The number of nitrogens with one attached hydrogen (secondary N) is 2. The van der Waals surface area contributed by atoms with Gasteiger partial charge in [0.15, 0.2) is 0 Å². The van der Waals surface area contributed by atoms with Gasteiger partial charge in [-0.1, -0.05) is 55.5 Å². The normalized spacial score (nSPS) is 20.1. The molecule has 0 spiro atoms. The van der Waals surface area contributed by atoms with Crippen LogP contribution in [-0.4, -0.2) is 5.12 Å². The van der Waals surface area contributed by atoms with E-state index in [2.05, 4.69) is 66.4 Å². The largest absolute Gasteiger partial charge is 0.300 e. The van der Waals surface area contributed by atoms with Gasteiger partial charge in [-0.2, -0.15) is 0 Å². The van der Waals surface area contributed by atoms with Gasteiger partial charge in [0.2, 0.25) is 0 Å². The fraction of sp³-hybridized carbons (Fsp3) is 0.176. The molecule has 21 heavy (non-hydrogen) atoms. The van der Waals surface area contributed by atoms with Crippen LogP contribution < -0.4 is 16.8 Å². The van der Waals surface area contributed by atoms with Crippen molar-refractivity contribution in [2.45, 2.75) is 19.3 Å². The Morgan fingerprint density at radius 3 is 2.62 bits per heavy atom. The molecule has 2 aromatic rings. The van der Waals surface area contributed by atoms with Gasteiger partial charge in [0, 0.05) is 11.1 Å². The van der Waals surface area contributed by atoms with Gasteiger partial charge < -0.3 is 0 Å². The molecule has 4 N–H and O–H groups in total. The summed E-state index contributed by atoms with van der Waals surface area (Å²) in [5.41, 5.74) is 13.4. The first kappa shape index (κ1) is 12.4. The van der Waals surface area contributed by atoms with Crippen molar-refractivity contribution < 1.29 is 0 Å². The third kappa shape index (κ3) is 1.84. The molecule has 1 atom stereocenters. The molecule has 1 aliphatic heterocycles. The van der Waals surface area contributed by atoms with Crippen LogP contribution in [-0.2, 0) is 6.42 Å². The lowest BCUT2D eigenvalue weighted by Gasteiger charge is -2.24. The number of nitrogens with zero attached hydrogens (tertiary/aromatic N) is 1. The molecule has 0 fully saturated rings. The number of hydrogen-bond donors (Lipinski definition) is 3. The molecular formula is C17H18N4. The van der Waals surface area contributed by atoms with Crippen molar-refractivity contribution in [3.63, 3.8) is 0 Å². The minimum absolute atomic E-state index is 0.463. The summed E-state index contributed by atoms with van der Waals surface area (Å²) in [5, 5.41) is 1.57. The van der Waals surface area contributed by atoms with Crippen LogP contribution >= 0.6 is 0 Å². The van der Waals surface area contributed by atoms with E-state index >= 15 is 0 Å². The zero-order valence-corrected chi connectivity index (χ0v) is 11.9. The molecule has 2 aromatic carbocycles. The Labute approximate surface area is 124 Å². The van der Waals surface area contributed by atoms with Crippen molar-refractivity contribution in [1.29, 1.82) is 0 Å². The monoisotopic (exact) mass is 278 g/mol. The number of benzene rings is 2. The van der Waals surface area contributed by atoms with E-state index in [1.165, 1.54) is 22.3 Å². The lowest BCUT2D eigenvalue weighted by atomic mass is 9.84. The Hall–Kier alpha value is -2.30. The SMILES string of the molecule is CC1Cc2ccccc2C2=C(NNN2N)c2ccccc21. The van der Waals surface area contributed by atoms with Crippen LogP contribution in [0.4, 0.5) is 0 Å². The summed E-state index contributed by atoms with van der Waals surface area (Å²) in [6.45, 7) is 2.28. The van der Waals surface area contributed by atoms with Gasteiger partial charge in [0.05, 0.1) is 5.70 Å². The second kappa shape index (κ2) is 4.62. The highest BCUT2D eigenvalue weighted by molar-refractivity contribution is 5.92. The Morgan fingerprint density at radius 1 is 1.05 bits per heavy atom. The van der Waals surface area contributed by atoms with E-state index in [-0.39, 0.29) is 0 Å². The minimum atomic E-state index is 0.463. The highest BCUT2D eigenvalue weighted by Gasteiger charge is 2.29. The van der Waals surface area contributed by atoms with Crippen LogP contribution in [0.5, 0.6) is 0 Å². The molecule has 0 bridgehead atoms. The minimum Gasteiger partial charge on any atom is -0.300 e. The Kier molecular flexibility index (Phi) is 2.74. The van der Waals surface area contributed by atoms with Crippen LogP contribution in [0.1, 0.15) is 35.1 Å². The van der Waals surface area contributed by atoms with Gasteiger partial charge in [-0.3, -0.25) is 5.43 Å². The molecule has 0 radical (unpaired) electrons. The molecular weight excluding hydrogens is 260 g/mol. The number of rotatable bonds is 0. The van der Waals surface area contributed by atoms with Crippen molar-refractivity contribution in [1.82, 2.24) is 16.1 Å². The molecule has 0 saturated carbocycles. The summed E-state index contributed by atoms with van der Waals surface area (Å²) in [7, 11) is 0. The maximum atomic E-state index is 6.12. The lowest BCUT2D eigenvalue weighted by Crippen LogP contribution is -2.42. The van der Waals surface area contributed by atoms with Crippen molar-refractivity contribution in [3.8, 4) is 0 Å². The fourth-order valence-corrected chi connectivity index (χ4v) is 3.33. The molecule has 106 valence electrons. The molecule has 0 amide bonds. The van der Waals surface area contributed by atoms with Crippen molar-refractivity contribution in [2.24, 2.45) is 5.84 Å². The highest BCUT2D eigenvalue weighted by atomic mass is 15.8. The summed E-state index contributed by atoms with van der Waals surface area (Å²) in [6.07, 6.45) is 1.01. The second-order valence-electron chi connectivity index (χ2n) is 5.68. The average molecular weight is 278 g/mol. The predicted molar refractivity (Wildman–Crippen MR) is 84.1 cm³/mol. The van der Waals surface area contributed by atoms with Crippen LogP contribution in [0.15, 0.2) is 48.5 Å². The van der Waals surface area contributed by atoms with Gasteiger partial charge in [0.25, 0.3) is 0 Å². The first-order valence-electron chi connectivity index (χ1n) is 7.24. The topological polar surface area (TPSA) is 53.3 Å². The van der Waals surface area contributed by atoms with Crippen LogP contribution in [0.3, 0.4) is 0 Å². The van der Waals surface area contributed by atoms with E-state index in [4.69, 9.17) is 5.84 Å². The predicted octanol–water partition coefficient (Wildman–Crippen LogP) is 2.37. The van der Waals surface area contributed by atoms with Crippen molar-refractivity contribution in [3.05, 3.63) is 70.8 Å².